The average molecular weight is 545 g/mol. The second kappa shape index (κ2) is 11.2. The van der Waals surface area contributed by atoms with Crippen LogP contribution in [0.25, 0.3) is 22.8 Å². The van der Waals surface area contributed by atoms with Crippen LogP contribution in [-0.4, -0.2) is 22.2 Å². The summed E-state index contributed by atoms with van der Waals surface area (Å²) in [6.07, 6.45) is 3.33. The zero-order valence-electron chi connectivity index (χ0n) is 20.0. The molecule has 0 saturated carbocycles. The van der Waals surface area contributed by atoms with Crippen molar-refractivity contribution in [3.05, 3.63) is 87.4 Å². The number of aromatic nitrogens is 2. The molecular weight excluding hydrogens is 520 g/mol. The van der Waals surface area contributed by atoms with Crippen LogP contribution in [0.1, 0.15) is 47.3 Å². The number of hydrogen-bond acceptors (Lipinski definition) is 6. The first-order chi connectivity index (χ1) is 17.4. The van der Waals surface area contributed by atoms with Gasteiger partial charge in [0, 0.05) is 21.2 Å². The maximum Gasteiger partial charge on any atom is 0.258 e. The number of carbonyl (C=O) groups excluding carboxylic acids is 1. The quantitative estimate of drug-likeness (QED) is 0.324. The van der Waals surface area contributed by atoms with Crippen molar-refractivity contribution in [2.45, 2.75) is 39.2 Å². The van der Waals surface area contributed by atoms with E-state index in [1.165, 1.54) is 17.5 Å². The SMILES string of the molecule is CC(C)Oc1ccc(-c2nc(-c3cccc4c3CCC4)no2)cc1C#N.NC(=O)c1ccc(Br)cc1. The van der Waals surface area contributed by atoms with E-state index in [2.05, 4.69) is 38.2 Å². The number of primary amides is 1. The lowest BCUT2D eigenvalue weighted by molar-refractivity contribution is 0.1000. The fraction of sp³-hybridized carbons (Fsp3) is 0.214. The lowest BCUT2D eigenvalue weighted by Crippen LogP contribution is -2.10. The third-order valence-electron chi connectivity index (χ3n) is 5.65. The van der Waals surface area contributed by atoms with Crippen LogP contribution in [0.4, 0.5) is 0 Å². The van der Waals surface area contributed by atoms with E-state index < -0.39 is 5.91 Å². The third kappa shape index (κ3) is 5.81. The first kappa shape index (κ1) is 25.1. The van der Waals surface area contributed by atoms with Crippen LogP contribution in [0.3, 0.4) is 0 Å². The van der Waals surface area contributed by atoms with Crippen LogP contribution >= 0.6 is 15.9 Å². The number of nitrogens with zero attached hydrogens (tertiary/aromatic N) is 3. The number of amides is 1. The molecule has 0 fully saturated rings. The number of aryl methyl sites for hydroxylation is 1. The number of benzene rings is 3. The molecule has 0 spiro atoms. The lowest BCUT2D eigenvalue weighted by Gasteiger charge is -2.11. The summed E-state index contributed by atoms with van der Waals surface area (Å²) in [5, 5.41) is 13.6. The van der Waals surface area contributed by atoms with Crippen LogP contribution in [0.15, 0.2) is 69.7 Å². The van der Waals surface area contributed by atoms with Crippen molar-refractivity contribution < 1.29 is 14.1 Å². The summed E-state index contributed by atoms with van der Waals surface area (Å²) in [7, 11) is 0. The molecule has 7 nitrogen and oxygen atoms in total. The van der Waals surface area contributed by atoms with Gasteiger partial charge in [-0.1, -0.05) is 39.3 Å². The van der Waals surface area contributed by atoms with Gasteiger partial charge < -0.3 is 15.0 Å². The number of hydrogen-bond donors (Lipinski definition) is 1. The van der Waals surface area contributed by atoms with Crippen molar-refractivity contribution in [1.82, 2.24) is 10.1 Å². The van der Waals surface area contributed by atoms with Gasteiger partial charge in [0.15, 0.2) is 0 Å². The van der Waals surface area contributed by atoms with Gasteiger partial charge in [-0.05, 0) is 86.7 Å². The van der Waals surface area contributed by atoms with E-state index in [0.29, 0.717) is 34.2 Å². The molecule has 36 heavy (non-hydrogen) atoms. The fourth-order valence-electron chi connectivity index (χ4n) is 4.00. The van der Waals surface area contributed by atoms with Crippen LogP contribution in [0, 0.1) is 11.3 Å². The van der Waals surface area contributed by atoms with Crippen molar-refractivity contribution in [2.75, 3.05) is 0 Å². The molecule has 0 saturated heterocycles. The Morgan fingerprint density at radius 2 is 1.92 bits per heavy atom. The Labute approximate surface area is 218 Å². The number of carbonyl (C=O) groups is 1. The Morgan fingerprint density at radius 1 is 1.14 bits per heavy atom. The Kier molecular flexibility index (Phi) is 7.81. The molecule has 1 aliphatic rings. The molecule has 1 aliphatic carbocycles. The highest BCUT2D eigenvalue weighted by molar-refractivity contribution is 9.10. The fourth-order valence-corrected chi connectivity index (χ4v) is 4.26. The summed E-state index contributed by atoms with van der Waals surface area (Å²) in [4.78, 5) is 15.1. The average Bonchev–Trinajstić information content (AvgIpc) is 3.55. The maximum absolute atomic E-state index is 10.5. The summed E-state index contributed by atoms with van der Waals surface area (Å²) < 4.78 is 12.1. The van der Waals surface area contributed by atoms with E-state index in [1.54, 1.807) is 36.4 Å². The Balaban J connectivity index is 0.000000256. The number of nitrogens with two attached hydrogens (primary N) is 1. The predicted octanol–water partition coefficient (Wildman–Crippen LogP) is 6.10. The van der Waals surface area contributed by atoms with Gasteiger partial charge in [0.25, 0.3) is 5.89 Å². The minimum atomic E-state index is -0.396. The van der Waals surface area contributed by atoms with Crippen molar-refractivity contribution >= 4 is 21.8 Å². The molecule has 1 amide bonds. The number of nitriles is 1. The van der Waals surface area contributed by atoms with Gasteiger partial charge in [0.2, 0.25) is 11.7 Å². The zero-order chi connectivity index (χ0) is 25.7. The van der Waals surface area contributed by atoms with Crippen LogP contribution in [0.2, 0.25) is 0 Å². The number of rotatable bonds is 5. The van der Waals surface area contributed by atoms with Gasteiger partial charge in [-0.15, -0.1) is 0 Å². The molecule has 2 N–H and O–H groups in total. The standard InChI is InChI=1S/C21H19N3O2.C7H6BrNO/c1-13(2)25-19-10-9-15(11-16(19)12-22)21-23-20(24-26-21)18-8-4-6-14-5-3-7-17(14)18;8-6-3-1-5(2-4-6)7(9)10/h4,6,8-11,13H,3,5,7H2,1-2H3;1-4H,(H2,9,10). The van der Waals surface area contributed by atoms with E-state index in [-0.39, 0.29) is 6.10 Å². The molecule has 4 aromatic rings. The molecule has 8 heteroatoms. The number of halogens is 1. The molecular formula is C28H25BrN4O3. The molecule has 0 unspecified atom stereocenters. The molecule has 0 aliphatic heterocycles. The van der Waals surface area contributed by atoms with Gasteiger partial charge in [0.05, 0.1) is 11.7 Å². The monoisotopic (exact) mass is 544 g/mol. The molecule has 182 valence electrons. The summed E-state index contributed by atoms with van der Waals surface area (Å²) in [6.45, 7) is 3.86. The lowest BCUT2D eigenvalue weighted by atomic mass is 10.0. The van der Waals surface area contributed by atoms with Gasteiger partial charge in [-0.25, -0.2) is 0 Å². The number of fused-ring (bicyclic) bond motifs is 1. The first-order valence-electron chi connectivity index (χ1n) is 11.6. The predicted molar refractivity (Wildman–Crippen MR) is 140 cm³/mol. The van der Waals surface area contributed by atoms with E-state index in [4.69, 9.17) is 15.0 Å². The van der Waals surface area contributed by atoms with E-state index in [0.717, 1.165) is 22.9 Å². The zero-order valence-corrected chi connectivity index (χ0v) is 21.6. The van der Waals surface area contributed by atoms with Gasteiger partial charge in [-0.3, -0.25) is 4.79 Å². The highest BCUT2D eigenvalue weighted by atomic mass is 79.9. The molecule has 3 aromatic carbocycles. The Bertz CT molecular complexity index is 1420. The molecule has 0 bridgehead atoms. The molecule has 0 atom stereocenters. The van der Waals surface area contributed by atoms with Gasteiger partial charge >= 0.3 is 0 Å². The maximum atomic E-state index is 10.5. The minimum absolute atomic E-state index is 0.00290. The van der Waals surface area contributed by atoms with E-state index in [9.17, 15) is 10.1 Å². The summed E-state index contributed by atoms with van der Waals surface area (Å²) in [5.74, 6) is 1.17. The van der Waals surface area contributed by atoms with Crippen molar-refractivity contribution in [3.63, 3.8) is 0 Å². The molecule has 1 aromatic heterocycles. The summed E-state index contributed by atoms with van der Waals surface area (Å²) >= 11 is 3.24. The van der Waals surface area contributed by atoms with Crippen molar-refractivity contribution in [2.24, 2.45) is 5.73 Å². The van der Waals surface area contributed by atoms with Crippen LogP contribution in [0.5, 0.6) is 5.75 Å². The molecule has 1 heterocycles. The second-order valence-electron chi connectivity index (χ2n) is 8.58. The second-order valence-corrected chi connectivity index (χ2v) is 9.50. The van der Waals surface area contributed by atoms with Crippen molar-refractivity contribution in [3.8, 4) is 34.7 Å². The third-order valence-corrected chi connectivity index (χ3v) is 6.18. The van der Waals surface area contributed by atoms with Crippen molar-refractivity contribution in [1.29, 1.82) is 5.26 Å². The number of ether oxygens (including phenoxy) is 1. The smallest absolute Gasteiger partial charge is 0.258 e. The van der Waals surface area contributed by atoms with Gasteiger partial charge in [-0.2, -0.15) is 10.2 Å². The molecule has 5 rings (SSSR count). The molecule has 0 radical (unpaired) electrons. The summed E-state index contributed by atoms with van der Waals surface area (Å²) in [6, 6.07) is 20.7. The van der Waals surface area contributed by atoms with Gasteiger partial charge in [0.1, 0.15) is 11.8 Å². The topological polar surface area (TPSA) is 115 Å². The van der Waals surface area contributed by atoms with Crippen LogP contribution in [-0.2, 0) is 12.8 Å². The van der Waals surface area contributed by atoms with E-state index >= 15 is 0 Å². The summed E-state index contributed by atoms with van der Waals surface area (Å²) in [5.41, 5.74) is 10.4. The Hall–Kier alpha value is -3.96. The van der Waals surface area contributed by atoms with Crippen LogP contribution < -0.4 is 10.5 Å². The Morgan fingerprint density at radius 3 is 2.61 bits per heavy atom. The minimum Gasteiger partial charge on any atom is -0.490 e. The van der Waals surface area contributed by atoms with E-state index in [1.807, 2.05) is 32.0 Å². The first-order valence-corrected chi connectivity index (χ1v) is 12.4. The normalized spacial score (nSPS) is 11.9. The largest absolute Gasteiger partial charge is 0.490 e. The highest BCUT2D eigenvalue weighted by Crippen LogP contribution is 2.33. The highest BCUT2D eigenvalue weighted by Gasteiger charge is 2.20.